The van der Waals surface area contributed by atoms with Crippen LogP contribution in [-0.4, -0.2) is 53.5 Å². The molecule has 0 fully saturated rings. The van der Waals surface area contributed by atoms with Gasteiger partial charge >= 0.3 is 0 Å². The molecule has 0 saturated carbocycles. The second-order valence-corrected chi connectivity index (χ2v) is 8.66. The van der Waals surface area contributed by atoms with Crippen LogP contribution in [0.25, 0.3) is 10.8 Å². The Morgan fingerprint density at radius 1 is 1.27 bits per heavy atom. The molecular formula is C24H25ClFN5O2. The van der Waals surface area contributed by atoms with Crippen molar-refractivity contribution >= 4 is 40.3 Å². The molecule has 3 N–H and O–H groups in total. The van der Waals surface area contributed by atoms with Crippen molar-refractivity contribution in [3.05, 3.63) is 70.6 Å². The number of hydrazone groups is 1. The van der Waals surface area contributed by atoms with E-state index in [-0.39, 0.29) is 29.5 Å². The van der Waals surface area contributed by atoms with Crippen molar-refractivity contribution in [3.8, 4) is 0 Å². The largest absolute Gasteiger partial charge is 0.394 e. The number of hydrogen-bond donors (Lipinski definition) is 3. The highest BCUT2D eigenvalue weighted by Crippen LogP contribution is 2.28. The highest BCUT2D eigenvalue weighted by molar-refractivity contribution is 6.30. The van der Waals surface area contributed by atoms with Crippen LogP contribution in [-0.2, 0) is 0 Å². The van der Waals surface area contributed by atoms with Gasteiger partial charge in [-0.05, 0) is 48.2 Å². The first-order valence-electron chi connectivity index (χ1n) is 10.6. The van der Waals surface area contributed by atoms with Crippen molar-refractivity contribution < 1.29 is 14.3 Å². The summed E-state index contributed by atoms with van der Waals surface area (Å²) in [5.41, 5.74) is 1.09. The lowest BCUT2D eigenvalue weighted by Gasteiger charge is -2.24. The van der Waals surface area contributed by atoms with Crippen molar-refractivity contribution in [2.45, 2.75) is 19.0 Å². The van der Waals surface area contributed by atoms with E-state index in [1.807, 2.05) is 26.1 Å². The minimum atomic E-state index is -0.535. The van der Waals surface area contributed by atoms with E-state index >= 15 is 0 Å². The van der Waals surface area contributed by atoms with Crippen molar-refractivity contribution in [2.75, 3.05) is 25.5 Å². The predicted molar refractivity (Wildman–Crippen MR) is 128 cm³/mol. The van der Waals surface area contributed by atoms with Gasteiger partial charge in [0.15, 0.2) is 0 Å². The second kappa shape index (κ2) is 9.72. The Hall–Kier alpha value is -3.23. The van der Waals surface area contributed by atoms with Gasteiger partial charge < -0.3 is 15.7 Å². The van der Waals surface area contributed by atoms with E-state index in [4.69, 9.17) is 11.6 Å². The van der Waals surface area contributed by atoms with E-state index in [0.29, 0.717) is 23.5 Å². The zero-order valence-corrected chi connectivity index (χ0v) is 19.1. The van der Waals surface area contributed by atoms with Gasteiger partial charge in [0.1, 0.15) is 11.6 Å². The lowest BCUT2D eigenvalue weighted by Crippen LogP contribution is -2.35. The highest BCUT2D eigenvalue weighted by atomic mass is 35.5. The molecular weight excluding hydrogens is 445 g/mol. The quantitative estimate of drug-likeness (QED) is 0.489. The van der Waals surface area contributed by atoms with Gasteiger partial charge in [-0.1, -0.05) is 23.7 Å². The summed E-state index contributed by atoms with van der Waals surface area (Å²) in [5.74, 6) is -0.330. The Bertz CT molecular complexity index is 1200. The topological polar surface area (TPSA) is 89.8 Å². The number of aliphatic hydroxyl groups excluding tert-OH is 1. The van der Waals surface area contributed by atoms with Crippen LogP contribution < -0.4 is 10.6 Å². The van der Waals surface area contributed by atoms with Crippen LogP contribution in [0, 0.1) is 11.7 Å². The number of anilines is 1. The summed E-state index contributed by atoms with van der Waals surface area (Å²) in [6.45, 7) is 2.42. The molecule has 7 nitrogen and oxygen atoms in total. The zero-order valence-electron chi connectivity index (χ0n) is 18.3. The van der Waals surface area contributed by atoms with Gasteiger partial charge in [-0.2, -0.15) is 5.10 Å². The van der Waals surface area contributed by atoms with Crippen LogP contribution in [0.15, 0.2) is 53.8 Å². The smallest absolute Gasteiger partial charge is 0.251 e. The standard InChI is InChI=1S/C24H25ClFN5O2/c1-14(13-32)29-22-9-18-7-16(3-4-17(18)10-27-22)24(33)30-23(19-11-28-31(2)12-19)15-5-6-20(25)21(26)8-15/h3-11,14,19,23,32H,12-13H2,1-2H3,(H,27,29)(H,30,33)/t14-,19?,23-/m0/s1. The van der Waals surface area contributed by atoms with Gasteiger partial charge in [0, 0.05) is 48.9 Å². The minimum Gasteiger partial charge on any atom is -0.394 e. The predicted octanol–water partition coefficient (Wildman–Crippen LogP) is 3.84. The van der Waals surface area contributed by atoms with E-state index in [1.54, 1.807) is 35.6 Å². The number of hydrogen-bond acceptors (Lipinski definition) is 6. The number of fused-ring (bicyclic) bond motifs is 1. The molecule has 4 rings (SSSR count). The maximum absolute atomic E-state index is 14.2. The van der Waals surface area contributed by atoms with Crippen LogP contribution in [0.5, 0.6) is 0 Å². The van der Waals surface area contributed by atoms with Gasteiger partial charge in [-0.15, -0.1) is 0 Å². The molecule has 0 spiro atoms. The third-order valence-electron chi connectivity index (χ3n) is 5.60. The summed E-state index contributed by atoms with van der Waals surface area (Å²) in [7, 11) is 1.85. The van der Waals surface area contributed by atoms with Crippen LogP contribution in [0.2, 0.25) is 5.02 Å². The van der Waals surface area contributed by atoms with E-state index in [9.17, 15) is 14.3 Å². The fourth-order valence-electron chi connectivity index (χ4n) is 3.82. The fourth-order valence-corrected chi connectivity index (χ4v) is 3.94. The number of aliphatic hydroxyl groups is 1. The number of pyridine rings is 1. The average Bonchev–Trinajstić information content (AvgIpc) is 3.24. The molecule has 33 heavy (non-hydrogen) atoms. The Balaban J connectivity index is 1.61. The van der Waals surface area contributed by atoms with E-state index in [0.717, 1.165) is 10.8 Å². The first-order chi connectivity index (χ1) is 15.8. The molecule has 9 heteroatoms. The maximum atomic E-state index is 14.2. The summed E-state index contributed by atoms with van der Waals surface area (Å²) >= 11 is 5.86. The number of nitrogens with one attached hydrogen (secondary N) is 2. The molecule has 1 unspecified atom stereocenters. The molecule has 0 radical (unpaired) electrons. The number of amides is 1. The molecule has 3 aromatic rings. The molecule has 2 aromatic carbocycles. The highest BCUT2D eigenvalue weighted by Gasteiger charge is 2.29. The van der Waals surface area contributed by atoms with Crippen LogP contribution in [0.3, 0.4) is 0 Å². The maximum Gasteiger partial charge on any atom is 0.251 e. The molecule has 3 atom stereocenters. The summed E-state index contributed by atoms with van der Waals surface area (Å²) in [6, 6.07) is 11.1. The summed E-state index contributed by atoms with van der Waals surface area (Å²) in [6.07, 6.45) is 3.48. The third-order valence-corrected chi connectivity index (χ3v) is 5.91. The summed E-state index contributed by atoms with van der Waals surface area (Å²) in [4.78, 5) is 17.6. The minimum absolute atomic E-state index is 0.0193. The lowest BCUT2D eigenvalue weighted by atomic mass is 9.93. The van der Waals surface area contributed by atoms with E-state index in [1.165, 1.54) is 12.1 Å². The number of carbonyl (C=O) groups excluding carboxylic acids is 1. The zero-order chi connectivity index (χ0) is 23.5. The van der Waals surface area contributed by atoms with Gasteiger partial charge in [-0.25, -0.2) is 9.37 Å². The molecule has 2 heterocycles. The van der Waals surface area contributed by atoms with Crippen molar-refractivity contribution in [3.63, 3.8) is 0 Å². The molecule has 0 saturated heterocycles. The number of carbonyl (C=O) groups is 1. The van der Waals surface area contributed by atoms with Crippen molar-refractivity contribution in [2.24, 2.45) is 11.0 Å². The summed E-state index contributed by atoms with van der Waals surface area (Å²) in [5, 5.41) is 23.2. The van der Waals surface area contributed by atoms with Crippen molar-refractivity contribution in [1.82, 2.24) is 15.3 Å². The Morgan fingerprint density at radius 2 is 2.09 bits per heavy atom. The Morgan fingerprint density at radius 3 is 2.79 bits per heavy atom. The normalized spacial score (nSPS) is 17.2. The molecule has 0 aliphatic carbocycles. The molecule has 1 aromatic heterocycles. The molecule has 172 valence electrons. The average molecular weight is 470 g/mol. The molecule has 1 aliphatic rings. The van der Waals surface area contributed by atoms with Gasteiger partial charge in [0.05, 0.1) is 17.7 Å². The number of rotatable bonds is 7. The number of benzene rings is 2. The van der Waals surface area contributed by atoms with Crippen molar-refractivity contribution in [1.29, 1.82) is 0 Å². The second-order valence-electron chi connectivity index (χ2n) is 8.25. The first-order valence-corrected chi connectivity index (χ1v) is 11.0. The number of nitrogens with zero attached hydrogens (tertiary/aromatic N) is 3. The SMILES string of the molecule is C[C@@H](CO)Nc1cc2cc(C(=O)N[C@@H](c3ccc(Cl)c(F)c3)C3C=NN(C)C3)ccc2cn1. The van der Waals surface area contributed by atoms with Gasteiger partial charge in [0.25, 0.3) is 5.91 Å². The molecule has 1 amide bonds. The Labute approximate surface area is 196 Å². The van der Waals surface area contributed by atoms with Crippen LogP contribution in [0.4, 0.5) is 10.2 Å². The molecule has 1 aliphatic heterocycles. The fraction of sp³-hybridized carbons (Fsp3) is 0.292. The summed E-state index contributed by atoms with van der Waals surface area (Å²) < 4.78 is 14.2. The van der Waals surface area contributed by atoms with Gasteiger partial charge in [0.2, 0.25) is 0 Å². The van der Waals surface area contributed by atoms with Gasteiger partial charge in [-0.3, -0.25) is 9.80 Å². The van der Waals surface area contributed by atoms with Crippen LogP contribution >= 0.6 is 11.6 Å². The third kappa shape index (κ3) is 5.23. The molecule has 0 bridgehead atoms. The first kappa shape index (κ1) is 22.9. The monoisotopic (exact) mass is 469 g/mol. The Kier molecular flexibility index (Phi) is 6.76. The van der Waals surface area contributed by atoms with E-state index in [2.05, 4.69) is 20.7 Å². The number of aromatic nitrogens is 1. The number of halogens is 2. The van der Waals surface area contributed by atoms with E-state index < -0.39 is 11.9 Å². The van der Waals surface area contributed by atoms with Crippen LogP contribution in [0.1, 0.15) is 28.9 Å². The lowest BCUT2D eigenvalue weighted by molar-refractivity contribution is 0.0927.